The lowest BCUT2D eigenvalue weighted by molar-refractivity contribution is 0.200. The molecule has 0 spiro atoms. The third-order valence-corrected chi connectivity index (χ3v) is 7.10. The summed E-state index contributed by atoms with van der Waals surface area (Å²) in [6, 6.07) is -0.118. The smallest absolute Gasteiger partial charge is 0.317 e. The van der Waals surface area contributed by atoms with Gasteiger partial charge in [0.1, 0.15) is 0 Å². The minimum Gasteiger partial charge on any atom is -0.346 e. The fourth-order valence-corrected chi connectivity index (χ4v) is 5.25. The SMILES string of the molecule is O=C(NCCN1CCCS1(=O)=O)N1CCCN(c2nccs2)CC1. The summed E-state index contributed by atoms with van der Waals surface area (Å²) in [4.78, 5) is 20.6. The summed E-state index contributed by atoms with van der Waals surface area (Å²) in [7, 11) is -3.09. The van der Waals surface area contributed by atoms with E-state index in [0.29, 0.717) is 39.1 Å². The average molecular weight is 374 g/mol. The molecule has 2 aliphatic rings. The molecule has 1 N–H and O–H groups in total. The van der Waals surface area contributed by atoms with Gasteiger partial charge >= 0.3 is 6.03 Å². The molecule has 2 aliphatic heterocycles. The molecule has 0 saturated carbocycles. The summed E-state index contributed by atoms with van der Waals surface area (Å²) in [5.41, 5.74) is 0. The van der Waals surface area contributed by atoms with Gasteiger partial charge in [-0.3, -0.25) is 0 Å². The highest BCUT2D eigenvalue weighted by molar-refractivity contribution is 7.89. The first kappa shape index (κ1) is 17.4. The Morgan fingerprint density at radius 2 is 2.08 bits per heavy atom. The summed E-state index contributed by atoms with van der Waals surface area (Å²) in [5, 5.41) is 5.80. The fourth-order valence-electron chi connectivity index (χ4n) is 3.03. The highest BCUT2D eigenvalue weighted by Gasteiger charge is 2.28. The second-order valence-corrected chi connectivity index (χ2v) is 8.90. The maximum atomic E-state index is 12.3. The van der Waals surface area contributed by atoms with E-state index in [2.05, 4.69) is 15.2 Å². The highest BCUT2D eigenvalue weighted by atomic mass is 32.2. The van der Waals surface area contributed by atoms with E-state index in [9.17, 15) is 13.2 Å². The second-order valence-electron chi connectivity index (χ2n) is 5.94. The third kappa shape index (κ3) is 4.17. The number of rotatable bonds is 4. The normalized spacial score (nSPS) is 21.7. The summed E-state index contributed by atoms with van der Waals surface area (Å²) >= 11 is 1.61. The predicted octanol–water partition coefficient (Wildman–Crippen LogP) is 0.400. The van der Waals surface area contributed by atoms with Gasteiger partial charge in [0.05, 0.1) is 5.75 Å². The summed E-state index contributed by atoms with van der Waals surface area (Å²) in [6.45, 7) is 4.27. The molecule has 3 heterocycles. The van der Waals surface area contributed by atoms with E-state index in [1.54, 1.807) is 22.4 Å². The molecule has 3 rings (SSSR count). The summed E-state index contributed by atoms with van der Waals surface area (Å²) < 4.78 is 24.9. The fraction of sp³-hybridized carbons (Fsp3) is 0.714. The van der Waals surface area contributed by atoms with Gasteiger partial charge in [-0.1, -0.05) is 0 Å². The van der Waals surface area contributed by atoms with Gasteiger partial charge in [0, 0.05) is 57.4 Å². The van der Waals surface area contributed by atoms with Crippen LogP contribution in [0.1, 0.15) is 12.8 Å². The topological polar surface area (TPSA) is 85.8 Å². The van der Waals surface area contributed by atoms with Gasteiger partial charge in [-0.25, -0.2) is 22.5 Å². The van der Waals surface area contributed by atoms with Crippen LogP contribution >= 0.6 is 11.3 Å². The van der Waals surface area contributed by atoms with E-state index >= 15 is 0 Å². The average Bonchev–Trinajstić information content (AvgIpc) is 3.11. The van der Waals surface area contributed by atoms with Crippen LogP contribution < -0.4 is 10.2 Å². The summed E-state index contributed by atoms with van der Waals surface area (Å²) in [6.07, 6.45) is 3.37. The van der Waals surface area contributed by atoms with Crippen LogP contribution in [-0.2, 0) is 10.0 Å². The molecule has 2 saturated heterocycles. The molecule has 0 aliphatic carbocycles. The Morgan fingerprint density at radius 3 is 2.79 bits per heavy atom. The van der Waals surface area contributed by atoms with Crippen molar-refractivity contribution in [2.75, 3.05) is 56.5 Å². The Balaban J connectivity index is 1.44. The van der Waals surface area contributed by atoms with Gasteiger partial charge < -0.3 is 15.1 Å². The minimum absolute atomic E-state index is 0.118. The van der Waals surface area contributed by atoms with Crippen LogP contribution in [0.4, 0.5) is 9.93 Å². The number of carbonyl (C=O) groups is 1. The van der Waals surface area contributed by atoms with Crippen molar-refractivity contribution in [1.82, 2.24) is 19.5 Å². The zero-order valence-corrected chi connectivity index (χ0v) is 15.2. The van der Waals surface area contributed by atoms with Gasteiger partial charge in [-0.05, 0) is 12.8 Å². The van der Waals surface area contributed by atoms with E-state index < -0.39 is 10.0 Å². The second kappa shape index (κ2) is 7.66. The number of amides is 2. The maximum absolute atomic E-state index is 12.3. The van der Waals surface area contributed by atoms with Crippen molar-refractivity contribution in [3.63, 3.8) is 0 Å². The quantitative estimate of drug-likeness (QED) is 0.826. The van der Waals surface area contributed by atoms with Crippen LogP contribution in [0.15, 0.2) is 11.6 Å². The molecular weight excluding hydrogens is 350 g/mol. The molecule has 0 aromatic carbocycles. The third-order valence-electron chi connectivity index (χ3n) is 4.31. The number of carbonyl (C=O) groups excluding carboxylic acids is 1. The molecule has 0 radical (unpaired) electrons. The van der Waals surface area contributed by atoms with Crippen molar-refractivity contribution in [1.29, 1.82) is 0 Å². The van der Waals surface area contributed by atoms with Gasteiger partial charge in [0.15, 0.2) is 5.13 Å². The molecule has 0 atom stereocenters. The lowest BCUT2D eigenvalue weighted by Crippen LogP contribution is -2.44. The van der Waals surface area contributed by atoms with Crippen LogP contribution in [0.25, 0.3) is 0 Å². The Morgan fingerprint density at radius 1 is 1.21 bits per heavy atom. The van der Waals surface area contributed by atoms with Gasteiger partial charge in [0.25, 0.3) is 0 Å². The number of hydrogen-bond acceptors (Lipinski definition) is 6. The van der Waals surface area contributed by atoms with Crippen LogP contribution in [-0.4, -0.2) is 80.2 Å². The van der Waals surface area contributed by atoms with Crippen molar-refractivity contribution in [3.8, 4) is 0 Å². The van der Waals surface area contributed by atoms with E-state index in [1.165, 1.54) is 4.31 Å². The zero-order chi connectivity index (χ0) is 17.0. The monoisotopic (exact) mass is 373 g/mol. The molecule has 8 nitrogen and oxygen atoms in total. The van der Waals surface area contributed by atoms with Crippen molar-refractivity contribution in [2.45, 2.75) is 12.8 Å². The predicted molar refractivity (Wildman–Crippen MR) is 93.9 cm³/mol. The number of thiazole rings is 1. The highest BCUT2D eigenvalue weighted by Crippen LogP contribution is 2.19. The molecule has 134 valence electrons. The molecule has 0 unspecified atom stereocenters. The van der Waals surface area contributed by atoms with Crippen molar-refractivity contribution in [2.24, 2.45) is 0 Å². The molecular formula is C14H23N5O3S2. The Hall–Kier alpha value is -1.39. The number of hydrogen-bond donors (Lipinski definition) is 1. The number of sulfonamides is 1. The first-order chi connectivity index (χ1) is 11.6. The lowest BCUT2D eigenvalue weighted by Gasteiger charge is -2.22. The molecule has 0 bridgehead atoms. The Kier molecular flexibility index (Phi) is 5.57. The van der Waals surface area contributed by atoms with Crippen molar-refractivity contribution >= 4 is 32.5 Å². The van der Waals surface area contributed by atoms with E-state index in [-0.39, 0.29) is 11.8 Å². The van der Waals surface area contributed by atoms with Crippen LogP contribution in [0.3, 0.4) is 0 Å². The lowest BCUT2D eigenvalue weighted by atomic mass is 10.4. The van der Waals surface area contributed by atoms with Gasteiger partial charge in [-0.2, -0.15) is 0 Å². The standard InChI is InChI=1S/C14H23N5O3S2/c20-13(15-3-8-19-7-2-12-24(19,21)22)17-5-1-6-18(10-9-17)14-16-4-11-23-14/h4,11H,1-3,5-10,12H2,(H,15,20). The van der Waals surface area contributed by atoms with E-state index in [1.807, 2.05) is 5.38 Å². The maximum Gasteiger partial charge on any atom is 0.317 e. The van der Waals surface area contributed by atoms with Gasteiger partial charge in [0.2, 0.25) is 10.0 Å². The molecule has 2 fully saturated rings. The van der Waals surface area contributed by atoms with Crippen LogP contribution in [0, 0.1) is 0 Å². The number of nitrogens with one attached hydrogen (secondary N) is 1. The van der Waals surface area contributed by atoms with Crippen LogP contribution in [0.2, 0.25) is 0 Å². The first-order valence-corrected chi connectivity index (χ1v) is 10.7. The molecule has 24 heavy (non-hydrogen) atoms. The first-order valence-electron chi connectivity index (χ1n) is 8.21. The number of urea groups is 1. The van der Waals surface area contributed by atoms with Gasteiger partial charge in [-0.15, -0.1) is 11.3 Å². The zero-order valence-electron chi connectivity index (χ0n) is 13.6. The molecule has 1 aromatic heterocycles. The largest absolute Gasteiger partial charge is 0.346 e. The van der Waals surface area contributed by atoms with Crippen LogP contribution in [0.5, 0.6) is 0 Å². The molecule has 10 heteroatoms. The molecule has 1 aromatic rings. The molecule has 2 amide bonds. The van der Waals surface area contributed by atoms with Crippen molar-refractivity contribution < 1.29 is 13.2 Å². The van der Waals surface area contributed by atoms with E-state index in [4.69, 9.17) is 0 Å². The number of nitrogens with zero attached hydrogens (tertiary/aromatic N) is 4. The summed E-state index contributed by atoms with van der Waals surface area (Å²) in [5.74, 6) is 0.222. The number of anilines is 1. The van der Waals surface area contributed by atoms with E-state index in [0.717, 1.165) is 24.6 Å². The number of aromatic nitrogens is 1. The van der Waals surface area contributed by atoms with Crippen molar-refractivity contribution in [3.05, 3.63) is 11.6 Å². The minimum atomic E-state index is -3.09. The Bertz CT molecular complexity index is 649. The Labute approximate surface area is 146 Å².